The quantitative estimate of drug-likeness (QED) is 0.727. The van der Waals surface area contributed by atoms with Crippen molar-refractivity contribution in [3.8, 4) is 5.75 Å². The third-order valence-corrected chi connectivity index (χ3v) is 5.57. The minimum Gasteiger partial charge on any atom is -0.496 e. The molecule has 1 aromatic heterocycles. The normalized spacial score (nSPS) is 17.8. The van der Waals surface area contributed by atoms with Crippen LogP contribution in [0.5, 0.6) is 5.75 Å². The second-order valence-corrected chi connectivity index (χ2v) is 7.19. The van der Waals surface area contributed by atoms with E-state index in [1.54, 1.807) is 18.3 Å². The Hall–Kier alpha value is -3.03. The lowest BCUT2D eigenvalue weighted by atomic mass is 9.95. The van der Waals surface area contributed by atoms with Gasteiger partial charge in [-0.15, -0.1) is 0 Å². The summed E-state index contributed by atoms with van der Waals surface area (Å²) in [5, 5.41) is 2.88. The summed E-state index contributed by atoms with van der Waals surface area (Å²) in [5.41, 5.74) is 2.63. The van der Waals surface area contributed by atoms with Crippen LogP contribution in [0, 0.1) is 5.92 Å². The molecule has 2 heterocycles. The van der Waals surface area contributed by atoms with E-state index in [0.29, 0.717) is 18.7 Å². The molecule has 3 rings (SSSR count). The number of benzene rings is 1. The molecule has 1 aromatic carbocycles. The molecule has 0 spiro atoms. The fourth-order valence-corrected chi connectivity index (χ4v) is 3.71. The van der Waals surface area contributed by atoms with Crippen LogP contribution in [0.15, 0.2) is 30.6 Å². The van der Waals surface area contributed by atoms with E-state index in [4.69, 9.17) is 9.47 Å². The summed E-state index contributed by atoms with van der Waals surface area (Å²) in [6.07, 6.45) is 3.03. The number of imidazole rings is 1. The maximum atomic E-state index is 13.3. The van der Waals surface area contributed by atoms with Gasteiger partial charge in [-0.25, -0.2) is 14.6 Å². The van der Waals surface area contributed by atoms with Gasteiger partial charge in [0.1, 0.15) is 17.8 Å². The summed E-state index contributed by atoms with van der Waals surface area (Å²) in [7, 11) is 2.94. The van der Waals surface area contributed by atoms with Crippen LogP contribution in [0.2, 0.25) is 0 Å². The van der Waals surface area contributed by atoms with E-state index in [2.05, 4.69) is 15.3 Å². The smallest absolute Gasteiger partial charge is 0.328 e. The van der Waals surface area contributed by atoms with Gasteiger partial charge in [-0.3, -0.25) is 0 Å². The molecule has 0 aliphatic carbocycles. The number of nitrogens with one attached hydrogen (secondary N) is 2. The highest BCUT2D eigenvalue weighted by Crippen LogP contribution is 2.37. The Balaban J connectivity index is 1.96. The largest absolute Gasteiger partial charge is 0.496 e. The van der Waals surface area contributed by atoms with E-state index >= 15 is 0 Å². The topological polar surface area (TPSA) is 96.5 Å². The van der Waals surface area contributed by atoms with Gasteiger partial charge in [0.15, 0.2) is 0 Å². The number of hydrogen-bond acceptors (Lipinski definition) is 5. The molecule has 0 saturated carbocycles. The SMILES string of the molecule is CC[C@@H](C)[C@H](NC(=O)N1CCc2[nH]cnc2C1c1ccccc1OC)C(=O)OC. The Kier molecular flexibility index (Phi) is 6.41. The molecule has 3 atom stereocenters. The number of fused-ring (bicyclic) bond motifs is 1. The number of rotatable bonds is 6. The number of urea groups is 1. The first-order chi connectivity index (χ1) is 14.0. The number of para-hydroxylation sites is 1. The molecular formula is C21H28N4O4. The van der Waals surface area contributed by atoms with Crippen LogP contribution in [-0.4, -0.2) is 53.7 Å². The van der Waals surface area contributed by atoms with Crippen molar-refractivity contribution in [1.29, 1.82) is 0 Å². The lowest BCUT2D eigenvalue weighted by molar-refractivity contribution is -0.144. The lowest BCUT2D eigenvalue weighted by Crippen LogP contribution is -2.53. The number of nitrogens with zero attached hydrogens (tertiary/aromatic N) is 2. The average molecular weight is 400 g/mol. The standard InChI is InChI=1S/C21H28N4O4/c1-5-13(2)17(20(26)29-4)24-21(27)25-11-10-15-18(23-12-22-15)19(25)14-8-6-7-9-16(14)28-3/h6-9,12-13,17,19H,5,10-11H2,1-4H3,(H,22,23)(H,24,27)/t13-,17+,19?/m1/s1. The minimum atomic E-state index is -0.712. The van der Waals surface area contributed by atoms with E-state index in [9.17, 15) is 9.59 Å². The first kappa shape index (κ1) is 20.7. The molecule has 1 aliphatic heterocycles. The van der Waals surface area contributed by atoms with Gasteiger partial charge in [0.2, 0.25) is 0 Å². The van der Waals surface area contributed by atoms with E-state index in [1.807, 2.05) is 38.1 Å². The Morgan fingerprint density at radius 1 is 1.34 bits per heavy atom. The first-order valence-electron chi connectivity index (χ1n) is 9.81. The molecule has 2 N–H and O–H groups in total. The third kappa shape index (κ3) is 4.06. The highest BCUT2D eigenvalue weighted by Gasteiger charge is 2.37. The number of H-pyrrole nitrogens is 1. The number of aromatic amines is 1. The molecule has 156 valence electrons. The number of aromatic nitrogens is 2. The fourth-order valence-electron chi connectivity index (χ4n) is 3.71. The lowest BCUT2D eigenvalue weighted by Gasteiger charge is -2.37. The van der Waals surface area contributed by atoms with Crippen LogP contribution < -0.4 is 10.1 Å². The summed E-state index contributed by atoms with van der Waals surface area (Å²) in [6, 6.07) is 6.13. The molecule has 0 radical (unpaired) electrons. The van der Waals surface area contributed by atoms with Gasteiger partial charge in [0.25, 0.3) is 0 Å². The molecule has 0 bridgehead atoms. The Labute approximate surface area is 170 Å². The Bertz CT molecular complexity index is 866. The number of esters is 1. The molecule has 2 aromatic rings. The van der Waals surface area contributed by atoms with Crippen molar-refractivity contribution in [3.05, 3.63) is 47.5 Å². The number of amides is 2. The molecule has 8 nitrogen and oxygen atoms in total. The zero-order chi connectivity index (χ0) is 21.0. The van der Waals surface area contributed by atoms with Gasteiger partial charge in [0, 0.05) is 24.2 Å². The number of carbonyl (C=O) groups excluding carboxylic acids is 2. The molecule has 1 aliphatic rings. The summed E-state index contributed by atoms with van der Waals surface area (Å²) >= 11 is 0. The summed E-state index contributed by atoms with van der Waals surface area (Å²) in [5.74, 6) is 0.179. The van der Waals surface area contributed by atoms with Gasteiger partial charge in [-0.05, 0) is 12.0 Å². The molecule has 8 heteroatoms. The van der Waals surface area contributed by atoms with Crippen molar-refractivity contribution in [2.45, 2.75) is 38.8 Å². The number of methoxy groups -OCH3 is 2. The maximum absolute atomic E-state index is 13.3. The molecule has 0 saturated heterocycles. The third-order valence-electron chi connectivity index (χ3n) is 5.57. The van der Waals surface area contributed by atoms with Crippen molar-refractivity contribution in [1.82, 2.24) is 20.2 Å². The van der Waals surface area contributed by atoms with Crippen molar-refractivity contribution in [2.75, 3.05) is 20.8 Å². The van der Waals surface area contributed by atoms with Crippen LogP contribution in [-0.2, 0) is 16.0 Å². The zero-order valence-electron chi connectivity index (χ0n) is 17.3. The van der Waals surface area contributed by atoms with Crippen LogP contribution >= 0.6 is 0 Å². The summed E-state index contributed by atoms with van der Waals surface area (Å²) < 4.78 is 10.4. The van der Waals surface area contributed by atoms with Crippen molar-refractivity contribution >= 4 is 12.0 Å². The molecular weight excluding hydrogens is 372 g/mol. The molecule has 2 amide bonds. The highest BCUT2D eigenvalue weighted by molar-refractivity contribution is 5.84. The fraction of sp³-hybridized carbons (Fsp3) is 0.476. The van der Waals surface area contributed by atoms with E-state index in [-0.39, 0.29) is 11.9 Å². The van der Waals surface area contributed by atoms with Crippen LogP contribution in [0.3, 0.4) is 0 Å². The Morgan fingerprint density at radius 3 is 2.79 bits per heavy atom. The summed E-state index contributed by atoms with van der Waals surface area (Å²) in [4.78, 5) is 34.9. The van der Waals surface area contributed by atoms with Crippen LogP contribution in [0.25, 0.3) is 0 Å². The van der Waals surface area contributed by atoms with Crippen LogP contribution in [0.4, 0.5) is 4.79 Å². The van der Waals surface area contributed by atoms with Crippen molar-refractivity contribution < 1.29 is 19.1 Å². The van der Waals surface area contributed by atoms with Gasteiger partial charge >= 0.3 is 12.0 Å². The first-order valence-corrected chi connectivity index (χ1v) is 9.81. The predicted octanol–water partition coefficient (Wildman–Crippen LogP) is 2.66. The van der Waals surface area contributed by atoms with E-state index < -0.39 is 18.1 Å². The maximum Gasteiger partial charge on any atom is 0.328 e. The van der Waals surface area contributed by atoms with Gasteiger partial charge in [-0.2, -0.15) is 0 Å². The van der Waals surface area contributed by atoms with Crippen molar-refractivity contribution in [2.24, 2.45) is 5.92 Å². The van der Waals surface area contributed by atoms with Gasteiger partial charge < -0.3 is 24.7 Å². The van der Waals surface area contributed by atoms with Gasteiger partial charge in [0.05, 0.1) is 26.2 Å². The number of ether oxygens (including phenoxy) is 2. The Morgan fingerprint density at radius 2 is 2.10 bits per heavy atom. The second-order valence-electron chi connectivity index (χ2n) is 7.19. The van der Waals surface area contributed by atoms with Gasteiger partial charge in [-0.1, -0.05) is 38.5 Å². The second kappa shape index (κ2) is 8.98. The molecule has 1 unspecified atom stereocenters. The predicted molar refractivity (Wildman–Crippen MR) is 108 cm³/mol. The molecule has 0 fully saturated rings. The number of hydrogen-bond donors (Lipinski definition) is 2. The average Bonchev–Trinajstić information content (AvgIpc) is 3.24. The molecule has 29 heavy (non-hydrogen) atoms. The monoisotopic (exact) mass is 400 g/mol. The van der Waals surface area contributed by atoms with Crippen LogP contribution in [0.1, 0.15) is 43.3 Å². The van der Waals surface area contributed by atoms with Crippen molar-refractivity contribution in [3.63, 3.8) is 0 Å². The minimum absolute atomic E-state index is 0.0538. The van der Waals surface area contributed by atoms with E-state index in [0.717, 1.165) is 23.4 Å². The summed E-state index contributed by atoms with van der Waals surface area (Å²) in [6.45, 7) is 4.38. The zero-order valence-corrected chi connectivity index (χ0v) is 17.3. The number of carbonyl (C=O) groups is 2. The van der Waals surface area contributed by atoms with E-state index in [1.165, 1.54) is 7.11 Å². The highest BCUT2D eigenvalue weighted by atomic mass is 16.5.